The number of Topliss-reactive ketones (excluding diaryl/α,β-unsaturated/α-hetero) is 1. The van der Waals surface area contributed by atoms with Crippen LogP contribution in [0.2, 0.25) is 0 Å². The van der Waals surface area contributed by atoms with E-state index < -0.39 is 5.41 Å². The maximum atomic E-state index is 12.7. The minimum atomic E-state index is -0.504. The monoisotopic (exact) mass is 280 g/mol. The zero-order chi connectivity index (χ0) is 15.5. The first-order chi connectivity index (χ1) is 9.88. The number of hydrogen-bond donors (Lipinski definition) is 0. The topological polar surface area (TPSA) is 17.1 Å². The lowest BCUT2D eigenvalue weighted by Gasteiger charge is -2.44. The Kier molecular flexibility index (Phi) is 4.32. The van der Waals surface area contributed by atoms with Crippen LogP contribution < -0.4 is 0 Å². The highest BCUT2D eigenvalue weighted by atomic mass is 16.1. The molecule has 0 spiro atoms. The molecule has 2 aromatic rings. The highest BCUT2D eigenvalue weighted by molar-refractivity contribution is 5.89. The SMILES string of the molecule is CC(=O)C(Cc1ccccc1)(c1ccccc1)C(C)(C)C. The number of hydrogen-bond acceptors (Lipinski definition) is 1. The molecule has 0 heterocycles. The van der Waals surface area contributed by atoms with E-state index in [1.807, 2.05) is 36.4 Å². The zero-order valence-corrected chi connectivity index (χ0v) is 13.4. The molecule has 110 valence electrons. The normalized spacial score (nSPS) is 14.5. The van der Waals surface area contributed by atoms with E-state index in [9.17, 15) is 4.79 Å². The van der Waals surface area contributed by atoms with E-state index in [1.54, 1.807) is 6.92 Å². The van der Waals surface area contributed by atoms with Crippen LogP contribution in [0.4, 0.5) is 0 Å². The Morgan fingerprint density at radius 3 is 1.76 bits per heavy atom. The van der Waals surface area contributed by atoms with Crippen LogP contribution in [0, 0.1) is 5.41 Å². The van der Waals surface area contributed by atoms with E-state index in [0.29, 0.717) is 0 Å². The van der Waals surface area contributed by atoms with Gasteiger partial charge in [0, 0.05) is 0 Å². The van der Waals surface area contributed by atoms with Crippen LogP contribution in [0.15, 0.2) is 60.7 Å². The number of carbonyl (C=O) groups excluding carboxylic acids is 1. The summed E-state index contributed by atoms with van der Waals surface area (Å²) in [6.07, 6.45) is 0.733. The molecule has 1 atom stereocenters. The maximum absolute atomic E-state index is 12.7. The Hall–Kier alpha value is -1.89. The molecular formula is C20H24O. The van der Waals surface area contributed by atoms with Gasteiger partial charge in [-0.25, -0.2) is 0 Å². The zero-order valence-electron chi connectivity index (χ0n) is 13.4. The second kappa shape index (κ2) is 5.85. The lowest BCUT2D eigenvalue weighted by atomic mass is 9.58. The van der Waals surface area contributed by atoms with Gasteiger partial charge in [0.25, 0.3) is 0 Å². The third kappa shape index (κ3) is 2.92. The van der Waals surface area contributed by atoms with Crippen molar-refractivity contribution >= 4 is 5.78 Å². The summed E-state index contributed by atoms with van der Waals surface area (Å²) in [5.41, 5.74) is 1.64. The average Bonchev–Trinajstić information content (AvgIpc) is 2.45. The van der Waals surface area contributed by atoms with Gasteiger partial charge in [-0.3, -0.25) is 4.79 Å². The molecule has 0 saturated carbocycles. The summed E-state index contributed by atoms with van der Waals surface area (Å²) in [6.45, 7) is 8.19. The summed E-state index contributed by atoms with van der Waals surface area (Å²) in [7, 11) is 0. The van der Waals surface area contributed by atoms with Crippen LogP contribution in [0.1, 0.15) is 38.8 Å². The lowest BCUT2D eigenvalue weighted by molar-refractivity contribution is -0.126. The van der Waals surface area contributed by atoms with E-state index in [1.165, 1.54) is 5.56 Å². The molecule has 0 amide bonds. The molecular weight excluding hydrogens is 256 g/mol. The maximum Gasteiger partial charge on any atom is 0.141 e. The summed E-state index contributed by atoms with van der Waals surface area (Å²) < 4.78 is 0. The Morgan fingerprint density at radius 1 is 0.857 bits per heavy atom. The van der Waals surface area contributed by atoms with Crippen molar-refractivity contribution in [3.05, 3.63) is 71.8 Å². The molecule has 1 nitrogen and oxygen atoms in total. The fraction of sp³-hybridized carbons (Fsp3) is 0.350. The molecule has 1 heteroatoms. The van der Waals surface area contributed by atoms with E-state index >= 15 is 0 Å². The molecule has 0 aliphatic rings. The molecule has 0 N–H and O–H groups in total. The van der Waals surface area contributed by atoms with Crippen LogP contribution in [0.25, 0.3) is 0 Å². The second-order valence-electron chi connectivity index (χ2n) is 6.74. The van der Waals surface area contributed by atoms with Crippen molar-refractivity contribution in [2.24, 2.45) is 5.41 Å². The summed E-state index contributed by atoms with van der Waals surface area (Å²) >= 11 is 0. The van der Waals surface area contributed by atoms with Crippen LogP contribution in [0.5, 0.6) is 0 Å². The molecule has 0 aromatic heterocycles. The van der Waals surface area contributed by atoms with Crippen LogP contribution in [-0.4, -0.2) is 5.78 Å². The number of benzene rings is 2. The number of ketones is 1. The number of rotatable bonds is 4. The molecule has 21 heavy (non-hydrogen) atoms. The Balaban J connectivity index is 2.60. The quantitative estimate of drug-likeness (QED) is 0.786. The molecule has 0 aliphatic carbocycles. The van der Waals surface area contributed by atoms with Crippen molar-refractivity contribution < 1.29 is 4.79 Å². The predicted molar refractivity (Wildman–Crippen MR) is 88.4 cm³/mol. The molecule has 0 bridgehead atoms. The Labute approximate surface area is 128 Å². The fourth-order valence-corrected chi connectivity index (χ4v) is 3.28. The average molecular weight is 280 g/mol. The highest BCUT2D eigenvalue weighted by Crippen LogP contribution is 2.45. The number of carbonyl (C=O) groups is 1. The van der Waals surface area contributed by atoms with Gasteiger partial charge in [0.1, 0.15) is 5.78 Å². The first-order valence-electron chi connectivity index (χ1n) is 7.48. The first-order valence-corrected chi connectivity index (χ1v) is 7.48. The standard InChI is InChI=1S/C20H24O/c1-16(21)20(19(2,3)4,18-13-9-6-10-14-18)15-17-11-7-5-8-12-17/h5-14H,15H2,1-4H3. The smallest absolute Gasteiger partial charge is 0.141 e. The summed E-state index contributed by atoms with van der Waals surface area (Å²) in [5, 5.41) is 0. The Bertz CT molecular complexity index is 593. The Morgan fingerprint density at radius 2 is 1.33 bits per heavy atom. The molecule has 2 rings (SSSR count). The van der Waals surface area contributed by atoms with Crippen molar-refractivity contribution in [2.75, 3.05) is 0 Å². The van der Waals surface area contributed by atoms with Gasteiger partial charge in [-0.15, -0.1) is 0 Å². The summed E-state index contributed by atoms with van der Waals surface area (Å²) in [5.74, 6) is 0.227. The van der Waals surface area contributed by atoms with Crippen molar-refractivity contribution in [1.82, 2.24) is 0 Å². The van der Waals surface area contributed by atoms with E-state index in [-0.39, 0.29) is 11.2 Å². The van der Waals surface area contributed by atoms with E-state index in [0.717, 1.165) is 12.0 Å². The van der Waals surface area contributed by atoms with Gasteiger partial charge in [0.15, 0.2) is 0 Å². The predicted octanol–water partition coefficient (Wildman–Crippen LogP) is 4.80. The fourth-order valence-electron chi connectivity index (χ4n) is 3.28. The molecule has 1 unspecified atom stereocenters. The molecule has 0 aliphatic heterocycles. The first kappa shape index (κ1) is 15.5. The van der Waals surface area contributed by atoms with Gasteiger partial charge >= 0.3 is 0 Å². The van der Waals surface area contributed by atoms with Crippen LogP contribution >= 0.6 is 0 Å². The third-order valence-corrected chi connectivity index (χ3v) is 4.46. The molecule has 0 fully saturated rings. The summed E-state index contributed by atoms with van der Waals surface area (Å²) in [4.78, 5) is 12.7. The van der Waals surface area contributed by atoms with E-state index in [4.69, 9.17) is 0 Å². The lowest BCUT2D eigenvalue weighted by Crippen LogP contribution is -2.48. The third-order valence-electron chi connectivity index (χ3n) is 4.46. The van der Waals surface area contributed by atoms with Crippen molar-refractivity contribution in [1.29, 1.82) is 0 Å². The van der Waals surface area contributed by atoms with Gasteiger partial charge in [-0.05, 0) is 29.9 Å². The van der Waals surface area contributed by atoms with Gasteiger partial charge in [0.2, 0.25) is 0 Å². The van der Waals surface area contributed by atoms with Gasteiger partial charge < -0.3 is 0 Å². The van der Waals surface area contributed by atoms with E-state index in [2.05, 4.69) is 45.0 Å². The van der Waals surface area contributed by atoms with Crippen molar-refractivity contribution in [3.8, 4) is 0 Å². The van der Waals surface area contributed by atoms with Gasteiger partial charge in [0.05, 0.1) is 5.41 Å². The van der Waals surface area contributed by atoms with Crippen LogP contribution in [0.3, 0.4) is 0 Å². The minimum Gasteiger partial charge on any atom is -0.299 e. The van der Waals surface area contributed by atoms with Gasteiger partial charge in [-0.1, -0.05) is 81.4 Å². The van der Waals surface area contributed by atoms with Crippen molar-refractivity contribution in [2.45, 2.75) is 39.5 Å². The second-order valence-corrected chi connectivity index (χ2v) is 6.74. The highest BCUT2D eigenvalue weighted by Gasteiger charge is 2.47. The summed E-state index contributed by atoms with van der Waals surface area (Å²) in [6, 6.07) is 20.5. The molecule has 0 saturated heterocycles. The van der Waals surface area contributed by atoms with Crippen LogP contribution in [-0.2, 0) is 16.6 Å². The van der Waals surface area contributed by atoms with Gasteiger partial charge in [-0.2, -0.15) is 0 Å². The molecule has 0 radical (unpaired) electrons. The minimum absolute atomic E-state index is 0.157. The largest absolute Gasteiger partial charge is 0.299 e. The molecule has 2 aromatic carbocycles. The van der Waals surface area contributed by atoms with Crippen molar-refractivity contribution in [3.63, 3.8) is 0 Å².